The molecule has 3 heteroatoms. The fraction of sp³-hybridized carbons (Fsp3) is 0.938. The van der Waals surface area contributed by atoms with Crippen molar-refractivity contribution in [2.75, 3.05) is 13.2 Å². The predicted molar refractivity (Wildman–Crippen MR) is 79.1 cm³/mol. The average Bonchev–Trinajstić information content (AvgIpc) is 2.36. The van der Waals surface area contributed by atoms with Gasteiger partial charge < -0.3 is 10.1 Å². The van der Waals surface area contributed by atoms with Crippen molar-refractivity contribution >= 4 is 5.91 Å². The number of unbranched alkanes of at least 4 members (excludes halogenated alkanes) is 4. The normalized spacial score (nSPS) is 18.7. The van der Waals surface area contributed by atoms with Crippen LogP contribution in [0.15, 0.2) is 0 Å². The molecular formula is C16H31NO2. The summed E-state index contributed by atoms with van der Waals surface area (Å²) in [6.07, 6.45) is 9.27. The molecular weight excluding hydrogens is 238 g/mol. The van der Waals surface area contributed by atoms with Crippen LogP contribution >= 0.6 is 0 Å². The molecule has 0 radical (unpaired) electrons. The van der Waals surface area contributed by atoms with E-state index in [-0.39, 0.29) is 17.4 Å². The second-order valence-corrected chi connectivity index (χ2v) is 6.18. The molecule has 0 aromatic heterocycles. The number of ether oxygens (including phenoxy) is 1. The third kappa shape index (κ3) is 5.52. The van der Waals surface area contributed by atoms with Crippen LogP contribution in [0.25, 0.3) is 0 Å². The Morgan fingerprint density at radius 2 is 1.74 bits per heavy atom. The summed E-state index contributed by atoms with van der Waals surface area (Å²) < 4.78 is 5.13. The molecule has 112 valence electrons. The molecule has 1 amide bonds. The van der Waals surface area contributed by atoms with Gasteiger partial charge in [0.1, 0.15) is 0 Å². The number of nitrogens with one attached hydrogen (secondary N) is 1. The molecule has 1 fully saturated rings. The van der Waals surface area contributed by atoms with Crippen LogP contribution in [-0.4, -0.2) is 25.2 Å². The Morgan fingerprint density at radius 1 is 1.11 bits per heavy atom. The van der Waals surface area contributed by atoms with Gasteiger partial charge >= 0.3 is 0 Å². The Bertz CT molecular complexity index is 263. The van der Waals surface area contributed by atoms with Crippen LogP contribution in [0.4, 0.5) is 0 Å². The van der Waals surface area contributed by atoms with Gasteiger partial charge in [0.15, 0.2) is 0 Å². The molecule has 1 heterocycles. The SMILES string of the molecule is CCCCCCC(C)(CCCC)C(=O)NC1COC1. The summed E-state index contributed by atoms with van der Waals surface area (Å²) in [6.45, 7) is 7.93. The first-order chi connectivity index (χ1) is 9.12. The standard InChI is InChI=1S/C16H31NO2/c1-4-6-8-9-11-16(3,10-7-5-2)15(18)17-14-12-19-13-14/h14H,4-13H2,1-3H3,(H,17,18). The maximum atomic E-state index is 12.5. The van der Waals surface area contributed by atoms with E-state index >= 15 is 0 Å². The lowest BCUT2D eigenvalue weighted by Crippen LogP contribution is -2.52. The number of carbonyl (C=O) groups excluding carboxylic acids is 1. The van der Waals surface area contributed by atoms with Crippen LogP contribution in [0.2, 0.25) is 0 Å². The van der Waals surface area contributed by atoms with E-state index in [1.54, 1.807) is 0 Å². The second kappa shape index (κ2) is 8.57. The van der Waals surface area contributed by atoms with E-state index in [9.17, 15) is 4.79 Å². The third-order valence-electron chi connectivity index (χ3n) is 4.19. The maximum absolute atomic E-state index is 12.5. The van der Waals surface area contributed by atoms with Crippen molar-refractivity contribution in [3.05, 3.63) is 0 Å². The lowest BCUT2D eigenvalue weighted by molar-refractivity contribution is -0.135. The van der Waals surface area contributed by atoms with Crippen molar-refractivity contribution in [3.8, 4) is 0 Å². The zero-order chi connectivity index (χ0) is 14.1. The van der Waals surface area contributed by atoms with Gasteiger partial charge in [0, 0.05) is 5.41 Å². The molecule has 1 atom stereocenters. The molecule has 0 spiro atoms. The van der Waals surface area contributed by atoms with Gasteiger partial charge in [-0.05, 0) is 12.8 Å². The highest BCUT2D eigenvalue weighted by molar-refractivity contribution is 5.82. The summed E-state index contributed by atoms with van der Waals surface area (Å²) in [4.78, 5) is 12.5. The summed E-state index contributed by atoms with van der Waals surface area (Å²) in [5, 5.41) is 3.14. The summed E-state index contributed by atoms with van der Waals surface area (Å²) in [5.41, 5.74) is -0.181. The molecule has 1 aliphatic rings. The van der Waals surface area contributed by atoms with Gasteiger partial charge in [-0.2, -0.15) is 0 Å². The monoisotopic (exact) mass is 269 g/mol. The van der Waals surface area contributed by atoms with Gasteiger partial charge in [-0.3, -0.25) is 4.79 Å². The fourth-order valence-corrected chi connectivity index (χ4v) is 2.54. The third-order valence-corrected chi connectivity index (χ3v) is 4.19. The van der Waals surface area contributed by atoms with Crippen molar-refractivity contribution in [2.24, 2.45) is 5.41 Å². The molecule has 0 aliphatic carbocycles. The van der Waals surface area contributed by atoms with Gasteiger partial charge in [-0.25, -0.2) is 0 Å². The Balaban J connectivity index is 2.43. The van der Waals surface area contributed by atoms with Crippen molar-refractivity contribution in [1.82, 2.24) is 5.32 Å². The van der Waals surface area contributed by atoms with E-state index in [1.807, 2.05) is 0 Å². The van der Waals surface area contributed by atoms with Crippen molar-refractivity contribution < 1.29 is 9.53 Å². The molecule has 19 heavy (non-hydrogen) atoms. The number of hydrogen-bond acceptors (Lipinski definition) is 2. The molecule has 1 aliphatic heterocycles. The Hall–Kier alpha value is -0.570. The molecule has 0 aromatic rings. The average molecular weight is 269 g/mol. The van der Waals surface area contributed by atoms with E-state index in [0.717, 1.165) is 25.7 Å². The maximum Gasteiger partial charge on any atom is 0.226 e. The first-order valence-electron chi connectivity index (χ1n) is 8.01. The summed E-state index contributed by atoms with van der Waals surface area (Å²) in [6, 6.07) is 0.254. The summed E-state index contributed by atoms with van der Waals surface area (Å²) in [5.74, 6) is 0.241. The molecule has 0 saturated carbocycles. The molecule has 1 unspecified atom stereocenters. The van der Waals surface area contributed by atoms with Gasteiger partial charge in [-0.1, -0.05) is 59.3 Å². The van der Waals surface area contributed by atoms with Gasteiger partial charge in [0.2, 0.25) is 5.91 Å². The first-order valence-corrected chi connectivity index (χ1v) is 8.01. The van der Waals surface area contributed by atoms with E-state index in [0.29, 0.717) is 13.2 Å². The molecule has 1 saturated heterocycles. The zero-order valence-corrected chi connectivity index (χ0v) is 13.0. The van der Waals surface area contributed by atoms with Gasteiger partial charge in [-0.15, -0.1) is 0 Å². The lowest BCUT2D eigenvalue weighted by Gasteiger charge is -2.34. The topological polar surface area (TPSA) is 38.3 Å². The van der Waals surface area contributed by atoms with Gasteiger partial charge in [0.05, 0.1) is 19.3 Å². The number of hydrogen-bond donors (Lipinski definition) is 1. The summed E-state index contributed by atoms with van der Waals surface area (Å²) >= 11 is 0. The fourth-order valence-electron chi connectivity index (χ4n) is 2.54. The van der Waals surface area contributed by atoms with Crippen LogP contribution in [0.5, 0.6) is 0 Å². The molecule has 1 N–H and O–H groups in total. The van der Waals surface area contributed by atoms with Gasteiger partial charge in [0.25, 0.3) is 0 Å². The van der Waals surface area contributed by atoms with E-state index in [4.69, 9.17) is 4.74 Å². The second-order valence-electron chi connectivity index (χ2n) is 6.18. The number of rotatable bonds is 10. The highest BCUT2D eigenvalue weighted by atomic mass is 16.5. The van der Waals surface area contributed by atoms with Crippen LogP contribution < -0.4 is 5.32 Å². The molecule has 0 bridgehead atoms. The first kappa shape index (κ1) is 16.5. The van der Waals surface area contributed by atoms with E-state index < -0.39 is 0 Å². The minimum absolute atomic E-state index is 0.181. The van der Waals surface area contributed by atoms with Crippen LogP contribution in [0.1, 0.15) is 72.1 Å². The quantitative estimate of drug-likeness (QED) is 0.615. The minimum Gasteiger partial charge on any atom is -0.377 e. The van der Waals surface area contributed by atoms with Crippen molar-refractivity contribution in [2.45, 2.75) is 78.2 Å². The predicted octanol–water partition coefficient (Wildman–Crippen LogP) is 3.67. The largest absolute Gasteiger partial charge is 0.377 e. The van der Waals surface area contributed by atoms with Crippen molar-refractivity contribution in [1.29, 1.82) is 0 Å². The highest BCUT2D eigenvalue weighted by Crippen LogP contribution is 2.31. The van der Waals surface area contributed by atoms with Crippen LogP contribution in [0.3, 0.4) is 0 Å². The summed E-state index contributed by atoms with van der Waals surface area (Å²) in [7, 11) is 0. The van der Waals surface area contributed by atoms with Crippen molar-refractivity contribution in [3.63, 3.8) is 0 Å². The van der Waals surface area contributed by atoms with Crippen LogP contribution in [-0.2, 0) is 9.53 Å². The number of carbonyl (C=O) groups is 1. The minimum atomic E-state index is -0.181. The number of amides is 1. The molecule has 1 rings (SSSR count). The smallest absolute Gasteiger partial charge is 0.226 e. The Kier molecular flexibility index (Phi) is 7.44. The lowest BCUT2D eigenvalue weighted by atomic mass is 9.79. The zero-order valence-electron chi connectivity index (χ0n) is 13.0. The highest BCUT2D eigenvalue weighted by Gasteiger charge is 2.34. The Morgan fingerprint density at radius 3 is 2.26 bits per heavy atom. The van der Waals surface area contributed by atoms with E-state index in [1.165, 1.54) is 25.7 Å². The molecule has 3 nitrogen and oxygen atoms in total. The van der Waals surface area contributed by atoms with Crippen LogP contribution in [0, 0.1) is 5.41 Å². The molecule has 0 aromatic carbocycles. The van der Waals surface area contributed by atoms with E-state index in [2.05, 4.69) is 26.1 Å². The Labute approximate surface area is 118 Å².